The highest BCUT2D eigenvalue weighted by molar-refractivity contribution is 5.95. The fraction of sp³-hybridized carbons (Fsp3) is 0.250. The number of fused-ring (bicyclic) bond motifs is 5. The fourth-order valence-electron chi connectivity index (χ4n) is 3.78. The number of hydrogen-bond acceptors (Lipinski definition) is 9. The Labute approximate surface area is 163 Å². The van der Waals surface area contributed by atoms with Crippen LogP contribution in [0.2, 0.25) is 0 Å². The molecule has 2 atom stereocenters. The van der Waals surface area contributed by atoms with Gasteiger partial charge in [-0.1, -0.05) is 6.07 Å². The van der Waals surface area contributed by atoms with Gasteiger partial charge in [0, 0.05) is 17.8 Å². The summed E-state index contributed by atoms with van der Waals surface area (Å²) in [4.78, 5) is 28.4. The van der Waals surface area contributed by atoms with Gasteiger partial charge in [-0.25, -0.2) is 9.78 Å². The van der Waals surface area contributed by atoms with Gasteiger partial charge in [0.25, 0.3) is 6.29 Å². The Hall–Kier alpha value is -3.75. The third-order valence-electron chi connectivity index (χ3n) is 5.12. The fourth-order valence-corrected chi connectivity index (χ4v) is 3.78. The SMILES string of the molecule is COc1cc2c(c3oc(=O)c(CNc4ccccn4)c(O)c13)C1CC(=O)OC1O2. The molecule has 2 N–H and O–H groups in total. The summed E-state index contributed by atoms with van der Waals surface area (Å²) in [6, 6.07) is 6.90. The lowest BCUT2D eigenvalue weighted by Gasteiger charge is -2.14. The molecule has 0 amide bonds. The molecule has 0 aliphatic carbocycles. The van der Waals surface area contributed by atoms with Crippen molar-refractivity contribution in [3.63, 3.8) is 0 Å². The van der Waals surface area contributed by atoms with Gasteiger partial charge in [0.2, 0.25) is 0 Å². The highest BCUT2D eigenvalue weighted by Gasteiger charge is 2.47. The molecule has 3 aromatic rings. The quantitative estimate of drug-likeness (QED) is 0.505. The van der Waals surface area contributed by atoms with E-state index in [1.807, 2.05) is 0 Å². The molecule has 29 heavy (non-hydrogen) atoms. The number of hydrogen-bond donors (Lipinski definition) is 2. The number of benzene rings is 1. The Morgan fingerprint density at radius 1 is 1.31 bits per heavy atom. The van der Waals surface area contributed by atoms with Crippen molar-refractivity contribution in [2.24, 2.45) is 0 Å². The number of carbonyl (C=O) groups is 1. The Morgan fingerprint density at radius 2 is 2.17 bits per heavy atom. The maximum Gasteiger partial charge on any atom is 0.345 e. The summed E-state index contributed by atoms with van der Waals surface area (Å²) in [5.74, 6) is 0.172. The molecule has 9 nitrogen and oxygen atoms in total. The molecule has 0 bridgehead atoms. The third kappa shape index (κ3) is 2.65. The summed E-state index contributed by atoms with van der Waals surface area (Å²) in [6.07, 6.45) is 0.941. The molecule has 1 fully saturated rings. The normalized spacial score (nSPS) is 19.4. The first-order valence-corrected chi connectivity index (χ1v) is 8.97. The van der Waals surface area contributed by atoms with Crippen molar-refractivity contribution >= 4 is 22.8 Å². The number of nitrogens with one attached hydrogen (secondary N) is 1. The van der Waals surface area contributed by atoms with Gasteiger partial charge in [0.1, 0.15) is 28.5 Å². The number of rotatable bonds is 4. The highest BCUT2D eigenvalue weighted by atomic mass is 16.7. The van der Waals surface area contributed by atoms with Gasteiger partial charge < -0.3 is 29.1 Å². The Bertz CT molecular complexity index is 1190. The lowest BCUT2D eigenvalue weighted by molar-refractivity contribution is -0.150. The van der Waals surface area contributed by atoms with E-state index < -0.39 is 23.8 Å². The number of nitrogens with zero attached hydrogens (tertiary/aromatic N) is 1. The van der Waals surface area contributed by atoms with Crippen molar-refractivity contribution in [2.45, 2.75) is 25.2 Å². The largest absolute Gasteiger partial charge is 0.506 e. The maximum atomic E-state index is 12.7. The molecule has 148 valence electrons. The van der Waals surface area contributed by atoms with E-state index in [9.17, 15) is 14.7 Å². The minimum atomic E-state index is -0.772. The Kier molecular flexibility index (Phi) is 3.83. The van der Waals surface area contributed by atoms with Crippen molar-refractivity contribution in [1.82, 2.24) is 4.98 Å². The zero-order valence-electron chi connectivity index (χ0n) is 15.3. The minimum absolute atomic E-state index is 0.00547. The molecular weight excluding hydrogens is 380 g/mol. The van der Waals surface area contributed by atoms with E-state index >= 15 is 0 Å². The lowest BCUT2D eigenvalue weighted by Crippen LogP contribution is -2.15. The second-order valence-corrected chi connectivity index (χ2v) is 6.77. The van der Waals surface area contributed by atoms with E-state index in [4.69, 9.17) is 18.6 Å². The summed E-state index contributed by atoms with van der Waals surface area (Å²) in [6.45, 7) is 0.00547. The van der Waals surface area contributed by atoms with Crippen LogP contribution in [0.1, 0.15) is 23.5 Å². The number of methoxy groups -OCH3 is 1. The monoisotopic (exact) mass is 396 g/mol. The van der Waals surface area contributed by atoms with E-state index in [2.05, 4.69) is 10.3 Å². The average molecular weight is 396 g/mol. The summed E-state index contributed by atoms with van der Waals surface area (Å²) in [5.41, 5.74) is -0.0132. The molecule has 2 aliphatic heterocycles. The number of ether oxygens (including phenoxy) is 3. The Balaban J connectivity index is 1.65. The van der Waals surface area contributed by atoms with Crippen LogP contribution < -0.4 is 20.4 Å². The van der Waals surface area contributed by atoms with Gasteiger partial charge in [-0.3, -0.25) is 4.79 Å². The van der Waals surface area contributed by atoms with Crippen molar-refractivity contribution in [3.8, 4) is 17.2 Å². The molecular formula is C20H16N2O7. The van der Waals surface area contributed by atoms with Crippen LogP contribution in [0.3, 0.4) is 0 Å². The van der Waals surface area contributed by atoms with Gasteiger partial charge >= 0.3 is 11.6 Å². The molecule has 2 unspecified atom stereocenters. The van der Waals surface area contributed by atoms with Crippen molar-refractivity contribution < 1.29 is 28.5 Å². The summed E-state index contributed by atoms with van der Waals surface area (Å²) >= 11 is 0. The van der Waals surface area contributed by atoms with E-state index in [1.54, 1.807) is 30.5 Å². The third-order valence-corrected chi connectivity index (χ3v) is 5.12. The number of aromatic nitrogens is 1. The van der Waals surface area contributed by atoms with Gasteiger partial charge in [-0.15, -0.1) is 0 Å². The molecule has 9 heteroatoms. The van der Waals surface area contributed by atoms with Crippen molar-refractivity contribution in [2.75, 3.05) is 12.4 Å². The van der Waals surface area contributed by atoms with Gasteiger partial charge in [0.15, 0.2) is 5.58 Å². The number of aromatic hydroxyl groups is 1. The number of pyridine rings is 1. The first-order valence-electron chi connectivity index (χ1n) is 8.97. The van der Waals surface area contributed by atoms with Crippen LogP contribution in [0, 0.1) is 0 Å². The van der Waals surface area contributed by atoms with Crippen LogP contribution in [-0.4, -0.2) is 29.5 Å². The zero-order valence-corrected chi connectivity index (χ0v) is 15.3. The molecule has 2 aromatic heterocycles. The molecule has 2 aliphatic rings. The number of carbonyl (C=O) groups excluding carboxylic acids is 1. The van der Waals surface area contributed by atoms with Crippen LogP contribution >= 0.6 is 0 Å². The molecule has 1 saturated heterocycles. The minimum Gasteiger partial charge on any atom is -0.506 e. The second kappa shape index (κ2) is 6.40. The second-order valence-electron chi connectivity index (χ2n) is 6.77. The standard InChI is InChI=1S/C20H16N2O7/c1-26-11-7-12-15(9-6-14(23)28-20(9)27-12)18-16(11)17(24)10(19(25)29-18)8-22-13-4-2-3-5-21-13/h2-5,7,9,20,24H,6,8H2,1H3,(H,21,22). The lowest BCUT2D eigenvalue weighted by atomic mass is 9.95. The van der Waals surface area contributed by atoms with Crippen LogP contribution in [0.15, 0.2) is 39.7 Å². The highest BCUT2D eigenvalue weighted by Crippen LogP contribution is 2.51. The summed E-state index contributed by atoms with van der Waals surface area (Å²) in [7, 11) is 1.44. The average Bonchev–Trinajstić information content (AvgIpc) is 3.23. The van der Waals surface area contributed by atoms with E-state index in [-0.39, 0.29) is 41.0 Å². The van der Waals surface area contributed by atoms with E-state index in [1.165, 1.54) is 7.11 Å². The van der Waals surface area contributed by atoms with Gasteiger partial charge in [0.05, 0.1) is 31.6 Å². The summed E-state index contributed by atoms with van der Waals surface area (Å²) < 4.78 is 21.8. The van der Waals surface area contributed by atoms with Crippen LogP contribution in [0.4, 0.5) is 5.82 Å². The topological polar surface area (TPSA) is 120 Å². The zero-order chi connectivity index (χ0) is 20.1. The van der Waals surface area contributed by atoms with Crippen LogP contribution in [0.5, 0.6) is 17.2 Å². The summed E-state index contributed by atoms with van der Waals surface area (Å²) in [5, 5.41) is 14.1. The first-order chi connectivity index (χ1) is 14.1. The Morgan fingerprint density at radius 3 is 2.93 bits per heavy atom. The molecule has 0 spiro atoms. The van der Waals surface area contributed by atoms with Crippen molar-refractivity contribution in [1.29, 1.82) is 0 Å². The molecule has 0 saturated carbocycles. The predicted molar refractivity (Wildman–Crippen MR) is 100 cm³/mol. The first kappa shape index (κ1) is 17.4. The van der Waals surface area contributed by atoms with Crippen LogP contribution in [-0.2, 0) is 16.1 Å². The number of anilines is 1. The molecule has 5 rings (SSSR count). The van der Waals surface area contributed by atoms with Gasteiger partial charge in [-0.2, -0.15) is 0 Å². The number of esters is 1. The smallest absolute Gasteiger partial charge is 0.345 e. The van der Waals surface area contributed by atoms with E-state index in [0.717, 1.165) is 0 Å². The molecule has 0 radical (unpaired) electrons. The van der Waals surface area contributed by atoms with E-state index in [0.29, 0.717) is 17.1 Å². The maximum absolute atomic E-state index is 12.7. The van der Waals surface area contributed by atoms with Crippen LogP contribution in [0.25, 0.3) is 11.0 Å². The van der Waals surface area contributed by atoms with Crippen molar-refractivity contribution in [3.05, 3.63) is 52.0 Å². The predicted octanol–water partition coefficient (Wildman–Crippen LogP) is 2.26. The molecule has 1 aromatic carbocycles. The molecule has 4 heterocycles. The van der Waals surface area contributed by atoms with Gasteiger partial charge in [-0.05, 0) is 12.1 Å².